The highest BCUT2D eigenvalue weighted by atomic mass is 32.2. The van der Waals surface area contributed by atoms with Crippen LogP contribution in [0.25, 0.3) is 0 Å². The molecule has 5 atom stereocenters. The molecule has 0 bridgehead atoms. The van der Waals surface area contributed by atoms with Crippen molar-refractivity contribution in [2.24, 2.45) is 0 Å². The van der Waals surface area contributed by atoms with E-state index in [1.54, 1.807) is 0 Å². The first kappa shape index (κ1) is 14.6. The van der Waals surface area contributed by atoms with E-state index in [-0.39, 0.29) is 5.66 Å². The van der Waals surface area contributed by atoms with E-state index in [9.17, 15) is 10.2 Å². The Morgan fingerprint density at radius 3 is 2.00 bits per heavy atom. The Labute approximate surface area is 90.9 Å². The highest BCUT2D eigenvalue weighted by molar-refractivity contribution is 7.99. The summed E-state index contributed by atoms with van der Waals surface area (Å²) in [6, 6.07) is 0. The zero-order valence-electron chi connectivity index (χ0n) is 8.21. The van der Waals surface area contributed by atoms with Crippen molar-refractivity contribution in [1.29, 1.82) is 0 Å². The molecule has 0 aliphatic heterocycles. The molecule has 0 saturated heterocycles. The van der Waals surface area contributed by atoms with Gasteiger partial charge in [-0.15, -0.1) is 9.24 Å². The summed E-state index contributed by atoms with van der Waals surface area (Å²) < 4.78 is 0. The average Bonchev–Trinajstić information content (AvgIpc) is 2.15. The fourth-order valence-electron chi connectivity index (χ4n) is 0.694. The maximum atomic E-state index is 9.40. The second kappa shape index (κ2) is 7.85. The molecule has 0 aliphatic rings. The van der Waals surface area contributed by atoms with Gasteiger partial charge in [0.2, 0.25) is 0 Å². The third kappa shape index (κ3) is 6.17. The van der Waals surface area contributed by atoms with Crippen LogP contribution in [0.5, 0.6) is 0 Å². The van der Waals surface area contributed by atoms with E-state index in [4.69, 9.17) is 10.2 Å². The molecule has 6 heteroatoms. The van der Waals surface area contributed by atoms with Gasteiger partial charge in [-0.2, -0.15) is 11.8 Å². The minimum atomic E-state index is -1.09. The van der Waals surface area contributed by atoms with Gasteiger partial charge in [0.05, 0.1) is 18.8 Å². The summed E-state index contributed by atoms with van der Waals surface area (Å²) in [4.78, 5) is 0. The predicted molar refractivity (Wildman–Crippen MR) is 61.6 cm³/mol. The maximum Gasteiger partial charge on any atom is 0.104 e. The van der Waals surface area contributed by atoms with Gasteiger partial charge in [-0.25, -0.2) is 0 Å². The van der Waals surface area contributed by atoms with E-state index >= 15 is 0 Å². The van der Waals surface area contributed by atoms with Crippen LogP contribution in [0.15, 0.2) is 0 Å². The molecule has 0 aliphatic carbocycles. The molecule has 0 amide bonds. The number of aliphatic hydroxyl groups excluding tert-OH is 4. The van der Waals surface area contributed by atoms with Crippen molar-refractivity contribution in [3.05, 3.63) is 0 Å². The first-order valence-electron chi connectivity index (χ1n) is 4.47. The molecule has 0 rings (SSSR count). The van der Waals surface area contributed by atoms with Gasteiger partial charge in [0.15, 0.2) is 0 Å². The summed E-state index contributed by atoms with van der Waals surface area (Å²) in [6.07, 6.45) is -2.45. The number of aliphatic hydroxyl groups is 4. The molecule has 0 spiro atoms. The number of rotatable bonds is 7. The van der Waals surface area contributed by atoms with Crippen LogP contribution < -0.4 is 0 Å². The fraction of sp³-hybridized carbons (Fsp3) is 1.00. The maximum absolute atomic E-state index is 9.40. The van der Waals surface area contributed by atoms with Gasteiger partial charge in [-0.3, -0.25) is 0 Å². The molecule has 4 N–H and O–H groups in total. The molecule has 0 fully saturated rings. The minimum absolute atomic E-state index is 0.113. The number of hydrogen-bond acceptors (Lipinski definition) is 5. The molecule has 4 nitrogen and oxygen atoms in total. The standard InChI is InChI=1S/C8H19O4PS/c1-5(13)7(11)3-14-4-8(12)6(10)2-9/h5-12H,2-4,13H2,1H3. The summed E-state index contributed by atoms with van der Waals surface area (Å²) in [6.45, 7) is 1.44. The molecule has 0 aromatic heterocycles. The Kier molecular flexibility index (Phi) is 8.20. The van der Waals surface area contributed by atoms with Crippen LogP contribution in [0.1, 0.15) is 6.92 Å². The summed E-state index contributed by atoms with van der Waals surface area (Å²) in [5.74, 6) is 0.829. The van der Waals surface area contributed by atoms with Crippen molar-refractivity contribution < 1.29 is 20.4 Å². The lowest BCUT2D eigenvalue weighted by Crippen LogP contribution is -2.32. The van der Waals surface area contributed by atoms with Gasteiger partial charge in [0.1, 0.15) is 6.10 Å². The van der Waals surface area contributed by atoms with Crippen LogP contribution in [-0.2, 0) is 0 Å². The van der Waals surface area contributed by atoms with Gasteiger partial charge in [-0.1, -0.05) is 6.92 Å². The predicted octanol–water partition coefficient (Wildman–Crippen LogP) is -0.942. The smallest absolute Gasteiger partial charge is 0.104 e. The number of thioether (sulfide) groups is 1. The Morgan fingerprint density at radius 2 is 1.57 bits per heavy atom. The Bertz CT molecular complexity index is 147. The third-order valence-electron chi connectivity index (χ3n) is 1.82. The van der Waals surface area contributed by atoms with Gasteiger partial charge in [0.25, 0.3) is 0 Å². The second-order valence-corrected chi connectivity index (χ2v) is 5.41. The molecule has 0 heterocycles. The van der Waals surface area contributed by atoms with Crippen molar-refractivity contribution in [3.63, 3.8) is 0 Å². The Hall–Kier alpha value is 0.620. The molecule has 14 heavy (non-hydrogen) atoms. The first-order valence-corrected chi connectivity index (χ1v) is 6.29. The van der Waals surface area contributed by atoms with E-state index in [1.807, 2.05) is 6.92 Å². The van der Waals surface area contributed by atoms with Crippen LogP contribution in [0, 0.1) is 0 Å². The highest BCUT2D eigenvalue weighted by Crippen LogP contribution is 2.13. The molecule has 0 radical (unpaired) electrons. The van der Waals surface area contributed by atoms with Gasteiger partial charge >= 0.3 is 0 Å². The SMILES string of the molecule is CC(P)C(O)CSCC(O)C(O)CO. The normalized spacial score (nSPS) is 20.1. The topological polar surface area (TPSA) is 80.9 Å². The van der Waals surface area contributed by atoms with Gasteiger partial charge in [0, 0.05) is 11.5 Å². The molecule has 86 valence electrons. The van der Waals surface area contributed by atoms with Crippen LogP contribution in [0.4, 0.5) is 0 Å². The zero-order valence-corrected chi connectivity index (χ0v) is 10.2. The fourth-order valence-corrected chi connectivity index (χ4v) is 2.17. The lowest BCUT2D eigenvalue weighted by atomic mass is 10.2. The van der Waals surface area contributed by atoms with Crippen LogP contribution in [-0.4, -0.2) is 62.5 Å². The quantitative estimate of drug-likeness (QED) is 0.433. The summed E-state index contributed by atoms with van der Waals surface area (Å²) >= 11 is 1.36. The van der Waals surface area contributed by atoms with Gasteiger partial charge in [-0.05, 0) is 5.66 Å². The monoisotopic (exact) mass is 242 g/mol. The van der Waals surface area contributed by atoms with E-state index in [2.05, 4.69) is 9.24 Å². The summed E-state index contributed by atoms with van der Waals surface area (Å²) in [5.41, 5.74) is 0.113. The highest BCUT2D eigenvalue weighted by Gasteiger charge is 2.16. The van der Waals surface area contributed by atoms with Crippen molar-refractivity contribution >= 4 is 21.0 Å². The Balaban J connectivity index is 3.53. The van der Waals surface area contributed by atoms with Crippen molar-refractivity contribution in [2.75, 3.05) is 18.1 Å². The first-order chi connectivity index (χ1) is 6.49. The van der Waals surface area contributed by atoms with E-state index < -0.39 is 24.9 Å². The van der Waals surface area contributed by atoms with E-state index in [0.717, 1.165) is 0 Å². The third-order valence-corrected chi connectivity index (χ3v) is 3.41. The molecule has 0 aromatic rings. The van der Waals surface area contributed by atoms with Crippen molar-refractivity contribution in [2.45, 2.75) is 30.9 Å². The van der Waals surface area contributed by atoms with Crippen molar-refractivity contribution in [3.8, 4) is 0 Å². The summed E-state index contributed by atoms with van der Waals surface area (Å²) in [5, 5.41) is 36.2. The lowest BCUT2D eigenvalue weighted by molar-refractivity contribution is -0.00193. The average molecular weight is 242 g/mol. The van der Waals surface area contributed by atoms with E-state index in [1.165, 1.54) is 11.8 Å². The lowest BCUT2D eigenvalue weighted by Gasteiger charge is -2.17. The number of hydrogen-bond donors (Lipinski definition) is 4. The zero-order chi connectivity index (χ0) is 11.1. The molecule has 5 unspecified atom stereocenters. The van der Waals surface area contributed by atoms with E-state index in [0.29, 0.717) is 11.5 Å². The van der Waals surface area contributed by atoms with Gasteiger partial charge < -0.3 is 20.4 Å². The van der Waals surface area contributed by atoms with Crippen LogP contribution in [0.3, 0.4) is 0 Å². The van der Waals surface area contributed by atoms with Crippen molar-refractivity contribution in [1.82, 2.24) is 0 Å². The molecular formula is C8H19O4PS. The summed E-state index contributed by atoms with van der Waals surface area (Å²) in [7, 11) is 2.50. The largest absolute Gasteiger partial charge is 0.394 e. The second-order valence-electron chi connectivity index (χ2n) is 3.28. The molecular weight excluding hydrogens is 223 g/mol. The Morgan fingerprint density at radius 1 is 1.07 bits per heavy atom. The molecule has 0 saturated carbocycles. The minimum Gasteiger partial charge on any atom is -0.394 e. The van der Waals surface area contributed by atoms with Crippen LogP contribution in [0.2, 0.25) is 0 Å². The molecule has 0 aromatic carbocycles. The van der Waals surface area contributed by atoms with Crippen LogP contribution >= 0.6 is 21.0 Å².